The molecule has 1 rings (SSSR count). The lowest BCUT2D eigenvalue weighted by Crippen LogP contribution is -2.39. The van der Waals surface area contributed by atoms with E-state index in [1.165, 1.54) is 0 Å². The average Bonchev–Trinajstić information content (AvgIpc) is 2.40. The molecule has 2 atom stereocenters. The third-order valence-corrected chi connectivity index (χ3v) is 2.07. The van der Waals surface area contributed by atoms with Crippen molar-refractivity contribution in [1.82, 2.24) is 5.32 Å². The van der Waals surface area contributed by atoms with Gasteiger partial charge < -0.3 is 11.1 Å². The van der Waals surface area contributed by atoms with E-state index in [1.807, 2.05) is 13.8 Å². The van der Waals surface area contributed by atoms with Crippen LogP contribution in [0.15, 0.2) is 0 Å². The van der Waals surface area contributed by atoms with Crippen molar-refractivity contribution >= 4 is 5.91 Å². The Morgan fingerprint density at radius 1 is 1.67 bits per heavy atom. The first-order valence-corrected chi connectivity index (χ1v) is 4.47. The normalized spacial score (nSPS) is 28.3. The first kappa shape index (κ1) is 9.52. The molecule has 3 nitrogen and oxygen atoms in total. The molecule has 0 aromatic heterocycles. The molecule has 0 aromatic rings. The molecule has 0 bridgehead atoms. The largest absolute Gasteiger partial charge is 0.353 e. The third-order valence-electron chi connectivity index (χ3n) is 2.07. The van der Waals surface area contributed by atoms with Crippen LogP contribution < -0.4 is 11.1 Å². The lowest BCUT2D eigenvalue weighted by molar-refractivity contribution is -0.122. The van der Waals surface area contributed by atoms with Gasteiger partial charge in [0, 0.05) is 18.0 Å². The van der Waals surface area contributed by atoms with E-state index in [2.05, 4.69) is 12.2 Å². The van der Waals surface area contributed by atoms with Crippen LogP contribution in [0.3, 0.4) is 0 Å². The van der Waals surface area contributed by atoms with E-state index in [1.54, 1.807) is 0 Å². The summed E-state index contributed by atoms with van der Waals surface area (Å²) in [5.41, 5.74) is 5.32. The van der Waals surface area contributed by atoms with E-state index in [0.717, 1.165) is 6.42 Å². The van der Waals surface area contributed by atoms with E-state index in [0.29, 0.717) is 18.4 Å². The Kier molecular flexibility index (Phi) is 2.42. The lowest BCUT2D eigenvalue weighted by Gasteiger charge is -2.17. The van der Waals surface area contributed by atoms with Crippen LogP contribution >= 0.6 is 0 Å². The predicted molar refractivity (Wildman–Crippen MR) is 48.6 cm³/mol. The minimum atomic E-state index is -0.387. The molecule has 1 amide bonds. The minimum Gasteiger partial charge on any atom is -0.353 e. The van der Waals surface area contributed by atoms with Crippen LogP contribution in [0.4, 0.5) is 0 Å². The summed E-state index contributed by atoms with van der Waals surface area (Å²) < 4.78 is 0. The molecule has 0 aromatic carbocycles. The quantitative estimate of drug-likeness (QED) is 0.653. The minimum absolute atomic E-state index is 0.0804. The number of carbonyl (C=O) groups excluding carboxylic acids is 1. The molecule has 1 aliphatic rings. The second-order valence-corrected chi connectivity index (χ2v) is 4.55. The number of hydrogen-bond acceptors (Lipinski definition) is 2. The van der Waals surface area contributed by atoms with Gasteiger partial charge >= 0.3 is 0 Å². The summed E-state index contributed by atoms with van der Waals surface area (Å²) in [5, 5.41) is 2.94. The molecular weight excluding hydrogens is 152 g/mol. The zero-order valence-electron chi connectivity index (χ0n) is 8.05. The fourth-order valence-electron chi connectivity index (χ4n) is 1.19. The van der Waals surface area contributed by atoms with Gasteiger partial charge in [-0.05, 0) is 26.2 Å². The van der Waals surface area contributed by atoms with Crippen LogP contribution in [0.25, 0.3) is 0 Å². The van der Waals surface area contributed by atoms with E-state index >= 15 is 0 Å². The molecule has 12 heavy (non-hydrogen) atoms. The number of nitrogens with two attached hydrogens (primary N) is 1. The molecule has 0 aliphatic heterocycles. The van der Waals surface area contributed by atoms with Crippen LogP contribution in [0.2, 0.25) is 0 Å². The second kappa shape index (κ2) is 3.05. The fourth-order valence-corrected chi connectivity index (χ4v) is 1.19. The molecule has 0 saturated heterocycles. The van der Waals surface area contributed by atoms with E-state index in [4.69, 9.17) is 5.73 Å². The van der Waals surface area contributed by atoms with Crippen molar-refractivity contribution in [3.8, 4) is 0 Å². The van der Waals surface area contributed by atoms with E-state index in [9.17, 15) is 4.79 Å². The number of amides is 1. The maximum atomic E-state index is 11.3. The van der Waals surface area contributed by atoms with Gasteiger partial charge in [0.05, 0.1) is 0 Å². The zero-order chi connectivity index (χ0) is 9.35. The first-order valence-electron chi connectivity index (χ1n) is 4.47. The average molecular weight is 170 g/mol. The highest BCUT2D eigenvalue weighted by Crippen LogP contribution is 2.29. The van der Waals surface area contributed by atoms with Gasteiger partial charge in [-0.25, -0.2) is 0 Å². The van der Waals surface area contributed by atoms with Gasteiger partial charge in [-0.2, -0.15) is 0 Å². The van der Waals surface area contributed by atoms with Gasteiger partial charge in [-0.3, -0.25) is 4.79 Å². The Bertz CT molecular complexity index is 183. The standard InChI is InChI=1S/C9H18N2O/c1-6-4-7(6)11-8(12)5-9(2,3)10/h6-7H,4-5,10H2,1-3H3,(H,11,12). The Morgan fingerprint density at radius 2 is 2.17 bits per heavy atom. The predicted octanol–water partition coefficient (Wildman–Crippen LogP) is 0.638. The number of nitrogens with one attached hydrogen (secondary N) is 1. The monoisotopic (exact) mass is 170 g/mol. The number of rotatable bonds is 3. The molecule has 0 heterocycles. The number of hydrogen-bond donors (Lipinski definition) is 2. The van der Waals surface area contributed by atoms with Crippen molar-refractivity contribution < 1.29 is 4.79 Å². The van der Waals surface area contributed by atoms with E-state index in [-0.39, 0.29) is 11.4 Å². The highest BCUT2D eigenvalue weighted by Gasteiger charge is 2.34. The zero-order valence-corrected chi connectivity index (χ0v) is 8.05. The smallest absolute Gasteiger partial charge is 0.222 e. The molecule has 2 unspecified atom stereocenters. The summed E-state index contributed by atoms with van der Waals surface area (Å²) in [4.78, 5) is 11.3. The lowest BCUT2D eigenvalue weighted by atomic mass is 10.0. The van der Waals surface area contributed by atoms with Crippen molar-refractivity contribution in [2.45, 2.75) is 45.2 Å². The second-order valence-electron chi connectivity index (χ2n) is 4.55. The SMILES string of the molecule is CC1CC1NC(=O)CC(C)(C)N. The van der Waals surface area contributed by atoms with Gasteiger partial charge in [0.15, 0.2) is 0 Å². The Hall–Kier alpha value is -0.570. The van der Waals surface area contributed by atoms with Crippen molar-refractivity contribution in [3.05, 3.63) is 0 Å². The van der Waals surface area contributed by atoms with Gasteiger partial charge in [0.25, 0.3) is 0 Å². The molecule has 1 aliphatic carbocycles. The van der Waals surface area contributed by atoms with Crippen molar-refractivity contribution in [2.24, 2.45) is 11.7 Å². The Labute approximate surface area is 73.7 Å². The van der Waals surface area contributed by atoms with Gasteiger partial charge in [0.1, 0.15) is 0 Å². The summed E-state index contributed by atoms with van der Waals surface area (Å²) in [5.74, 6) is 0.742. The molecule has 0 spiro atoms. The van der Waals surface area contributed by atoms with Crippen molar-refractivity contribution in [3.63, 3.8) is 0 Å². The summed E-state index contributed by atoms with van der Waals surface area (Å²) in [7, 11) is 0. The Balaban J connectivity index is 2.21. The maximum Gasteiger partial charge on any atom is 0.222 e. The maximum absolute atomic E-state index is 11.3. The third kappa shape index (κ3) is 3.22. The van der Waals surface area contributed by atoms with Crippen LogP contribution in [0.5, 0.6) is 0 Å². The van der Waals surface area contributed by atoms with Crippen LogP contribution in [0, 0.1) is 5.92 Å². The molecule has 70 valence electrons. The summed E-state index contributed by atoms with van der Waals surface area (Å²) in [6.45, 7) is 5.87. The molecule has 1 fully saturated rings. The highest BCUT2D eigenvalue weighted by atomic mass is 16.1. The molecule has 3 heteroatoms. The van der Waals surface area contributed by atoms with Gasteiger partial charge in [-0.15, -0.1) is 0 Å². The van der Waals surface area contributed by atoms with Crippen LogP contribution in [-0.2, 0) is 4.79 Å². The van der Waals surface area contributed by atoms with Crippen molar-refractivity contribution in [1.29, 1.82) is 0 Å². The molecule has 0 radical (unpaired) electrons. The van der Waals surface area contributed by atoms with Gasteiger partial charge in [0.2, 0.25) is 5.91 Å². The molecule has 3 N–H and O–H groups in total. The number of carbonyl (C=O) groups is 1. The van der Waals surface area contributed by atoms with E-state index < -0.39 is 0 Å². The highest BCUT2D eigenvalue weighted by molar-refractivity contribution is 5.77. The van der Waals surface area contributed by atoms with Gasteiger partial charge in [-0.1, -0.05) is 6.92 Å². The topological polar surface area (TPSA) is 55.1 Å². The first-order chi connectivity index (χ1) is 5.38. The summed E-state index contributed by atoms with van der Waals surface area (Å²) in [6.07, 6.45) is 1.53. The van der Waals surface area contributed by atoms with Crippen molar-refractivity contribution in [2.75, 3.05) is 0 Å². The summed E-state index contributed by atoms with van der Waals surface area (Å²) >= 11 is 0. The Morgan fingerprint density at radius 3 is 2.50 bits per heavy atom. The fraction of sp³-hybridized carbons (Fsp3) is 0.889. The molecule has 1 saturated carbocycles. The van der Waals surface area contributed by atoms with Crippen LogP contribution in [0.1, 0.15) is 33.6 Å². The summed E-state index contributed by atoms with van der Waals surface area (Å²) in [6, 6.07) is 0.417. The van der Waals surface area contributed by atoms with Crippen LogP contribution in [-0.4, -0.2) is 17.5 Å². The molecular formula is C9H18N2O.